The van der Waals surface area contributed by atoms with Crippen molar-refractivity contribution in [3.05, 3.63) is 53.3 Å². The van der Waals surface area contributed by atoms with Gasteiger partial charge in [0.15, 0.2) is 0 Å². The molecule has 0 aliphatic carbocycles. The van der Waals surface area contributed by atoms with Crippen molar-refractivity contribution < 1.29 is 9.90 Å². The number of nitrogen functional groups attached to an aromatic ring is 1. The molecule has 0 spiro atoms. The number of phenols is 1. The van der Waals surface area contributed by atoms with Crippen molar-refractivity contribution in [1.29, 1.82) is 0 Å². The summed E-state index contributed by atoms with van der Waals surface area (Å²) in [6.45, 7) is 5.01. The monoisotopic (exact) mass is 338 g/mol. The van der Waals surface area contributed by atoms with Crippen molar-refractivity contribution in [1.82, 2.24) is 14.9 Å². The van der Waals surface area contributed by atoms with Crippen LogP contribution in [0.1, 0.15) is 28.7 Å². The number of amides is 1. The molecule has 6 nitrogen and oxygen atoms in total. The Labute approximate surface area is 146 Å². The van der Waals surface area contributed by atoms with Gasteiger partial charge >= 0.3 is 0 Å². The Bertz CT molecular complexity index is 917. The number of aromatic hydroxyl groups is 1. The molecule has 3 rings (SSSR count). The predicted molar refractivity (Wildman–Crippen MR) is 98.6 cm³/mol. The Balaban J connectivity index is 1.76. The number of anilines is 1. The SMILES string of the molecule is CCN(CCc1nc2c(C)cccc2[nH]1)C(=O)c1cc(O)ccc1N. The van der Waals surface area contributed by atoms with E-state index in [0.29, 0.717) is 30.8 Å². The lowest BCUT2D eigenvalue weighted by Crippen LogP contribution is -2.33. The lowest BCUT2D eigenvalue weighted by Gasteiger charge is -2.21. The topological polar surface area (TPSA) is 95.2 Å². The highest BCUT2D eigenvalue weighted by Gasteiger charge is 2.18. The van der Waals surface area contributed by atoms with Crippen molar-refractivity contribution in [2.75, 3.05) is 18.8 Å². The number of nitrogens with one attached hydrogen (secondary N) is 1. The van der Waals surface area contributed by atoms with E-state index in [1.165, 1.54) is 12.1 Å². The number of rotatable bonds is 5. The van der Waals surface area contributed by atoms with Gasteiger partial charge in [-0.05, 0) is 43.7 Å². The van der Waals surface area contributed by atoms with Crippen LogP contribution in [0.2, 0.25) is 0 Å². The molecule has 0 radical (unpaired) electrons. The Morgan fingerprint density at radius 2 is 2.12 bits per heavy atom. The highest BCUT2D eigenvalue weighted by Crippen LogP contribution is 2.21. The van der Waals surface area contributed by atoms with Crippen molar-refractivity contribution in [2.24, 2.45) is 0 Å². The minimum atomic E-state index is -0.191. The number of fused-ring (bicyclic) bond motifs is 1. The van der Waals surface area contributed by atoms with E-state index in [2.05, 4.69) is 9.97 Å². The lowest BCUT2D eigenvalue weighted by molar-refractivity contribution is 0.0766. The number of imidazole rings is 1. The molecule has 0 unspecified atom stereocenters. The van der Waals surface area contributed by atoms with Gasteiger partial charge in [-0.2, -0.15) is 0 Å². The van der Waals surface area contributed by atoms with Gasteiger partial charge < -0.3 is 20.7 Å². The van der Waals surface area contributed by atoms with Crippen molar-refractivity contribution in [2.45, 2.75) is 20.3 Å². The Morgan fingerprint density at radius 1 is 1.32 bits per heavy atom. The zero-order valence-electron chi connectivity index (χ0n) is 14.4. The number of carbonyl (C=O) groups excluding carboxylic acids is 1. The number of phenolic OH excluding ortho intramolecular Hbond substituents is 1. The molecule has 4 N–H and O–H groups in total. The van der Waals surface area contributed by atoms with Gasteiger partial charge in [0.2, 0.25) is 0 Å². The zero-order valence-corrected chi connectivity index (χ0v) is 14.4. The second kappa shape index (κ2) is 6.84. The van der Waals surface area contributed by atoms with E-state index in [9.17, 15) is 9.90 Å². The average Bonchev–Trinajstić information content (AvgIpc) is 3.02. The van der Waals surface area contributed by atoms with E-state index in [4.69, 9.17) is 5.73 Å². The summed E-state index contributed by atoms with van der Waals surface area (Å²) < 4.78 is 0. The zero-order chi connectivity index (χ0) is 18.0. The molecule has 1 aromatic heterocycles. The second-order valence-electron chi connectivity index (χ2n) is 6.06. The first-order valence-electron chi connectivity index (χ1n) is 8.31. The van der Waals surface area contributed by atoms with E-state index in [-0.39, 0.29) is 11.7 Å². The van der Waals surface area contributed by atoms with E-state index in [1.807, 2.05) is 32.0 Å². The molecule has 6 heteroatoms. The van der Waals surface area contributed by atoms with Crippen molar-refractivity contribution >= 4 is 22.6 Å². The summed E-state index contributed by atoms with van der Waals surface area (Å²) in [6.07, 6.45) is 0.617. The number of aryl methyl sites for hydroxylation is 1. The number of hydrogen-bond acceptors (Lipinski definition) is 4. The van der Waals surface area contributed by atoms with Gasteiger partial charge in [-0.15, -0.1) is 0 Å². The molecule has 0 fully saturated rings. The Morgan fingerprint density at radius 3 is 2.84 bits per heavy atom. The first-order valence-corrected chi connectivity index (χ1v) is 8.31. The number of aromatic amines is 1. The maximum atomic E-state index is 12.7. The van der Waals surface area contributed by atoms with Gasteiger partial charge in [0.1, 0.15) is 11.6 Å². The highest BCUT2D eigenvalue weighted by molar-refractivity contribution is 5.99. The third-order valence-corrected chi connectivity index (χ3v) is 4.32. The average molecular weight is 338 g/mol. The molecule has 1 heterocycles. The molecule has 0 aliphatic heterocycles. The summed E-state index contributed by atoms with van der Waals surface area (Å²) in [7, 11) is 0. The smallest absolute Gasteiger partial charge is 0.256 e. The van der Waals surface area contributed by atoms with E-state index < -0.39 is 0 Å². The van der Waals surface area contributed by atoms with Crippen LogP contribution in [-0.2, 0) is 6.42 Å². The van der Waals surface area contributed by atoms with Gasteiger partial charge in [-0.1, -0.05) is 12.1 Å². The summed E-state index contributed by atoms with van der Waals surface area (Å²) in [5.74, 6) is 0.684. The number of likely N-dealkylation sites (N-methyl/N-ethyl adjacent to an activating group) is 1. The molecule has 2 aromatic carbocycles. The maximum Gasteiger partial charge on any atom is 0.256 e. The van der Waals surface area contributed by atoms with Crippen LogP contribution >= 0.6 is 0 Å². The molecule has 1 amide bonds. The molecule has 0 saturated heterocycles. The fourth-order valence-corrected chi connectivity index (χ4v) is 2.89. The first kappa shape index (κ1) is 16.8. The third-order valence-electron chi connectivity index (χ3n) is 4.32. The normalized spacial score (nSPS) is 11.0. The summed E-state index contributed by atoms with van der Waals surface area (Å²) in [6, 6.07) is 10.4. The number of hydrogen-bond donors (Lipinski definition) is 3. The lowest BCUT2D eigenvalue weighted by atomic mass is 10.1. The molecule has 0 bridgehead atoms. The van der Waals surface area contributed by atoms with Gasteiger partial charge in [-0.25, -0.2) is 4.98 Å². The molecule has 0 saturated carbocycles. The van der Waals surface area contributed by atoms with E-state index >= 15 is 0 Å². The largest absolute Gasteiger partial charge is 0.508 e. The molecule has 0 aliphatic rings. The van der Waals surface area contributed by atoms with E-state index in [1.54, 1.807) is 11.0 Å². The van der Waals surface area contributed by atoms with Gasteiger partial charge in [-0.3, -0.25) is 4.79 Å². The fraction of sp³-hybridized carbons (Fsp3) is 0.263. The van der Waals surface area contributed by atoms with Crippen molar-refractivity contribution in [3.63, 3.8) is 0 Å². The quantitative estimate of drug-likeness (QED) is 0.492. The van der Waals surface area contributed by atoms with Crippen LogP contribution in [0, 0.1) is 6.92 Å². The number of aromatic nitrogens is 2. The summed E-state index contributed by atoms with van der Waals surface area (Å²) >= 11 is 0. The van der Waals surface area contributed by atoms with Crippen LogP contribution in [0.25, 0.3) is 11.0 Å². The molecule has 25 heavy (non-hydrogen) atoms. The van der Waals surface area contributed by atoms with Gasteiger partial charge in [0, 0.05) is 25.2 Å². The van der Waals surface area contributed by atoms with Crippen LogP contribution in [0.3, 0.4) is 0 Å². The number of nitrogens with two attached hydrogens (primary N) is 1. The summed E-state index contributed by atoms with van der Waals surface area (Å²) in [4.78, 5) is 22.3. The fourth-order valence-electron chi connectivity index (χ4n) is 2.89. The second-order valence-corrected chi connectivity index (χ2v) is 6.06. The molecular formula is C19H22N4O2. The van der Waals surface area contributed by atoms with Crippen LogP contribution in [0.4, 0.5) is 5.69 Å². The minimum Gasteiger partial charge on any atom is -0.508 e. The van der Waals surface area contributed by atoms with Crippen LogP contribution in [0.15, 0.2) is 36.4 Å². The Hall–Kier alpha value is -3.02. The van der Waals surface area contributed by atoms with Crippen molar-refractivity contribution in [3.8, 4) is 5.75 Å². The third kappa shape index (κ3) is 3.42. The highest BCUT2D eigenvalue weighted by atomic mass is 16.3. The molecular weight excluding hydrogens is 316 g/mol. The summed E-state index contributed by atoms with van der Waals surface area (Å²) in [5.41, 5.74) is 9.65. The first-order chi connectivity index (χ1) is 12.0. The molecule has 130 valence electrons. The van der Waals surface area contributed by atoms with E-state index in [0.717, 1.165) is 22.4 Å². The standard InChI is InChI=1S/C19H22N4O2/c1-3-23(19(25)14-11-13(24)7-8-15(14)20)10-9-17-21-16-6-4-5-12(2)18(16)22-17/h4-8,11,24H,3,9-10,20H2,1-2H3,(H,21,22). The molecule has 3 aromatic rings. The summed E-state index contributed by atoms with van der Waals surface area (Å²) in [5, 5.41) is 9.61. The number of H-pyrrole nitrogens is 1. The number of benzene rings is 2. The van der Waals surface area contributed by atoms with Crippen LogP contribution < -0.4 is 5.73 Å². The number of para-hydroxylation sites is 1. The molecule has 0 atom stereocenters. The van der Waals surface area contributed by atoms with Crippen LogP contribution in [-0.4, -0.2) is 39.0 Å². The van der Waals surface area contributed by atoms with Crippen LogP contribution in [0.5, 0.6) is 5.75 Å². The number of carbonyl (C=O) groups is 1. The minimum absolute atomic E-state index is 0.0290. The van der Waals surface area contributed by atoms with Gasteiger partial charge in [0.25, 0.3) is 5.91 Å². The predicted octanol–water partition coefficient (Wildman–Crippen LogP) is 2.86. The van der Waals surface area contributed by atoms with Gasteiger partial charge in [0.05, 0.1) is 16.6 Å². The maximum absolute atomic E-state index is 12.7. The Kier molecular flexibility index (Phi) is 4.61. The number of nitrogens with zero attached hydrogens (tertiary/aromatic N) is 2.